The van der Waals surface area contributed by atoms with Crippen LogP contribution in [0.1, 0.15) is 16.9 Å². The van der Waals surface area contributed by atoms with E-state index < -0.39 is 5.91 Å². The van der Waals surface area contributed by atoms with E-state index in [1.165, 1.54) is 18.4 Å². The minimum atomic E-state index is -0.539. The number of nitrogens with one attached hydrogen (secondary N) is 2. The topological polar surface area (TPSA) is 136 Å². The van der Waals surface area contributed by atoms with Crippen molar-refractivity contribution >= 4 is 40.7 Å². The predicted octanol–water partition coefficient (Wildman–Crippen LogP) is 0.961. The highest BCUT2D eigenvalue weighted by Gasteiger charge is 2.14. The Labute approximate surface area is 143 Å². The summed E-state index contributed by atoms with van der Waals surface area (Å²) in [4.78, 5) is 29.9. The molecule has 0 fully saturated rings. The van der Waals surface area contributed by atoms with Gasteiger partial charge in [0.2, 0.25) is 5.91 Å². The van der Waals surface area contributed by atoms with Crippen molar-refractivity contribution in [2.24, 2.45) is 11.5 Å². The number of nitrogens with zero attached hydrogens (tertiary/aromatic N) is 1. The summed E-state index contributed by atoms with van der Waals surface area (Å²) >= 11 is 1.29. The number of aromatic amines is 1. The van der Waals surface area contributed by atoms with Gasteiger partial charge in [-0.15, -0.1) is 23.7 Å². The van der Waals surface area contributed by atoms with Crippen molar-refractivity contribution < 1.29 is 14.3 Å². The van der Waals surface area contributed by atoms with E-state index in [4.69, 9.17) is 16.2 Å². The maximum Gasteiger partial charge on any atom is 0.265 e. The number of carbonyl (C=O) groups excluding carboxylic acids is 2. The third-order valence-electron chi connectivity index (χ3n) is 3.00. The normalized spacial score (nSPS) is 11.6. The van der Waals surface area contributed by atoms with Crippen LogP contribution in [-0.4, -0.2) is 41.5 Å². The molecule has 0 saturated carbocycles. The summed E-state index contributed by atoms with van der Waals surface area (Å²) in [7, 11) is 1.51. The highest BCUT2D eigenvalue weighted by atomic mass is 35.5. The van der Waals surface area contributed by atoms with Crippen molar-refractivity contribution in [1.82, 2.24) is 9.97 Å². The number of ether oxygens (including phenoxy) is 1. The van der Waals surface area contributed by atoms with Crippen LogP contribution in [0, 0.1) is 0 Å². The fourth-order valence-corrected chi connectivity index (χ4v) is 2.52. The number of H-pyrrole nitrogens is 1. The number of carbonyl (C=O) groups is 2. The smallest absolute Gasteiger partial charge is 0.265 e. The molecule has 6 N–H and O–H groups in total. The second kappa shape index (κ2) is 8.63. The van der Waals surface area contributed by atoms with E-state index in [2.05, 4.69) is 15.3 Å². The van der Waals surface area contributed by atoms with Crippen LogP contribution in [0.25, 0.3) is 11.3 Å². The molecule has 2 rings (SSSR count). The molecule has 0 aliphatic carbocycles. The number of hydrogen-bond donors (Lipinski definition) is 4. The van der Waals surface area contributed by atoms with Crippen LogP contribution in [0.2, 0.25) is 0 Å². The van der Waals surface area contributed by atoms with Crippen LogP contribution in [0.15, 0.2) is 17.6 Å². The zero-order chi connectivity index (χ0) is 16.1. The van der Waals surface area contributed by atoms with Gasteiger partial charge in [0.1, 0.15) is 5.69 Å². The lowest BCUT2D eigenvalue weighted by Gasteiger charge is -2.11. The van der Waals surface area contributed by atoms with Gasteiger partial charge >= 0.3 is 0 Å². The SMILES string of the molecule is COC(CN)CC(=O)Nc1nc(-c2c[nH]c(C(N)=O)c2)cs1.Cl. The first-order valence-electron chi connectivity index (χ1n) is 6.50. The second-order valence-corrected chi connectivity index (χ2v) is 5.41. The monoisotopic (exact) mass is 359 g/mol. The minimum absolute atomic E-state index is 0. The molecule has 2 amide bonds. The number of aromatic nitrogens is 2. The highest BCUT2D eigenvalue weighted by molar-refractivity contribution is 7.14. The fourth-order valence-electron chi connectivity index (χ4n) is 1.79. The Morgan fingerprint density at radius 1 is 1.52 bits per heavy atom. The van der Waals surface area contributed by atoms with E-state index in [1.54, 1.807) is 17.6 Å². The standard InChI is InChI=1S/C13H17N5O3S.ClH/c1-21-8(4-14)3-11(19)18-13-17-10(6-22-13)7-2-9(12(15)20)16-5-7;/h2,5-6,8,16H,3-4,14H2,1H3,(H2,15,20)(H,17,18,19);1H. The van der Waals surface area contributed by atoms with Gasteiger partial charge in [-0.25, -0.2) is 4.98 Å². The molecule has 10 heteroatoms. The summed E-state index contributed by atoms with van der Waals surface area (Å²) in [5.74, 6) is -0.757. The highest BCUT2D eigenvalue weighted by Crippen LogP contribution is 2.25. The Balaban J connectivity index is 0.00000264. The summed E-state index contributed by atoms with van der Waals surface area (Å²) in [6.45, 7) is 0.270. The Kier molecular flexibility index (Phi) is 7.17. The number of amides is 2. The average molecular weight is 360 g/mol. The van der Waals surface area contributed by atoms with Gasteiger partial charge in [-0.3, -0.25) is 9.59 Å². The number of nitrogens with two attached hydrogens (primary N) is 2. The van der Waals surface area contributed by atoms with E-state index in [9.17, 15) is 9.59 Å². The molecule has 126 valence electrons. The molecule has 0 saturated heterocycles. The minimum Gasteiger partial charge on any atom is -0.380 e. The summed E-state index contributed by atoms with van der Waals surface area (Å²) in [6.07, 6.45) is 1.48. The lowest BCUT2D eigenvalue weighted by Crippen LogP contribution is -2.28. The first kappa shape index (κ1) is 19.1. The molecule has 8 nitrogen and oxygen atoms in total. The van der Waals surface area contributed by atoms with Gasteiger partial charge in [-0.05, 0) is 6.07 Å². The Morgan fingerprint density at radius 3 is 2.83 bits per heavy atom. The van der Waals surface area contributed by atoms with E-state index in [0.717, 1.165) is 5.56 Å². The molecule has 2 heterocycles. The third-order valence-corrected chi connectivity index (χ3v) is 3.76. The zero-order valence-corrected chi connectivity index (χ0v) is 14.0. The Hall–Kier alpha value is -1.94. The Morgan fingerprint density at radius 2 is 2.26 bits per heavy atom. The van der Waals surface area contributed by atoms with Crippen molar-refractivity contribution in [3.05, 3.63) is 23.3 Å². The second-order valence-electron chi connectivity index (χ2n) is 4.55. The van der Waals surface area contributed by atoms with Gasteiger partial charge < -0.3 is 26.5 Å². The van der Waals surface area contributed by atoms with Crippen LogP contribution in [-0.2, 0) is 9.53 Å². The first-order valence-corrected chi connectivity index (χ1v) is 7.38. The maximum atomic E-state index is 11.8. The van der Waals surface area contributed by atoms with Crippen LogP contribution in [0.3, 0.4) is 0 Å². The third kappa shape index (κ3) is 5.03. The van der Waals surface area contributed by atoms with Gasteiger partial charge in [0, 0.05) is 30.8 Å². The molecular formula is C13H18ClN5O3S. The van der Waals surface area contributed by atoms with Crippen LogP contribution >= 0.6 is 23.7 Å². The summed E-state index contributed by atoms with van der Waals surface area (Å²) in [5, 5.41) is 4.94. The molecule has 1 unspecified atom stereocenters. The molecule has 0 aliphatic rings. The van der Waals surface area contributed by atoms with E-state index >= 15 is 0 Å². The molecule has 0 aliphatic heterocycles. The molecule has 2 aromatic rings. The van der Waals surface area contributed by atoms with Crippen molar-refractivity contribution in [3.8, 4) is 11.3 Å². The first-order chi connectivity index (χ1) is 10.5. The van der Waals surface area contributed by atoms with Crippen LogP contribution in [0.4, 0.5) is 5.13 Å². The predicted molar refractivity (Wildman–Crippen MR) is 90.8 cm³/mol. The molecule has 23 heavy (non-hydrogen) atoms. The van der Waals surface area contributed by atoms with Gasteiger partial charge in [-0.2, -0.15) is 0 Å². The molecule has 2 aromatic heterocycles. The fraction of sp³-hybridized carbons (Fsp3) is 0.308. The number of thiazole rings is 1. The molecule has 0 aromatic carbocycles. The van der Waals surface area contributed by atoms with Gasteiger partial charge in [0.05, 0.1) is 18.2 Å². The molecule has 1 atom stereocenters. The number of rotatable bonds is 7. The lowest BCUT2D eigenvalue weighted by atomic mass is 10.2. The Bertz CT molecular complexity index is 668. The number of halogens is 1. The quantitative estimate of drug-likeness (QED) is 0.583. The molecule has 0 spiro atoms. The molecular weight excluding hydrogens is 342 g/mol. The van der Waals surface area contributed by atoms with Crippen molar-refractivity contribution in [2.45, 2.75) is 12.5 Å². The molecule has 0 bridgehead atoms. The zero-order valence-electron chi connectivity index (χ0n) is 12.4. The van der Waals surface area contributed by atoms with Gasteiger partial charge in [0.15, 0.2) is 5.13 Å². The number of primary amides is 1. The van der Waals surface area contributed by atoms with Crippen LogP contribution < -0.4 is 16.8 Å². The maximum absolute atomic E-state index is 11.8. The van der Waals surface area contributed by atoms with Crippen LogP contribution in [0.5, 0.6) is 0 Å². The van der Waals surface area contributed by atoms with Gasteiger partial charge in [0.25, 0.3) is 5.91 Å². The number of anilines is 1. The summed E-state index contributed by atoms with van der Waals surface area (Å²) in [6, 6.07) is 1.61. The van der Waals surface area contributed by atoms with Crippen molar-refractivity contribution in [3.63, 3.8) is 0 Å². The average Bonchev–Trinajstić information content (AvgIpc) is 3.13. The van der Waals surface area contributed by atoms with E-state index in [-0.39, 0.29) is 37.4 Å². The molecule has 0 radical (unpaired) electrons. The summed E-state index contributed by atoms with van der Waals surface area (Å²) in [5.41, 5.74) is 12.3. The van der Waals surface area contributed by atoms with Crippen molar-refractivity contribution in [1.29, 1.82) is 0 Å². The van der Waals surface area contributed by atoms with E-state index in [0.29, 0.717) is 16.5 Å². The lowest BCUT2D eigenvalue weighted by molar-refractivity contribution is -0.118. The number of methoxy groups -OCH3 is 1. The largest absolute Gasteiger partial charge is 0.380 e. The van der Waals surface area contributed by atoms with E-state index in [1.807, 2.05) is 0 Å². The van der Waals surface area contributed by atoms with Crippen molar-refractivity contribution in [2.75, 3.05) is 19.0 Å². The summed E-state index contributed by atoms with van der Waals surface area (Å²) < 4.78 is 5.06. The number of hydrogen-bond acceptors (Lipinski definition) is 6. The van der Waals surface area contributed by atoms with Gasteiger partial charge in [-0.1, -0.05) is 0 Å².